The number of aromatic nitrogens is 2. The van der Waals surface area contributed by atoms with Crippen LogP contribution in [0.25, 0.3) is 0 Å². The minimum atomic E-state index is -1.43. The van der Waals surface area contributed by atoms with Crippen LogP contribution in [0.3, 0.4) is 0 Å². The summed E-state index contributed by atoms with van der Waals surface area (Å²) in [6, 6.07) is -1.24. The zero-order valence-corrected chi connectivity index (χ0v) is 14.8. The van der Waals surface area contributed by atoms with Gasteiger partial charge >= 0.3 is 29.6 Å². The van der Waals surface area contributed by atoms with Gasteiger partial charge in [-0.2, -0.15) is 0 Å². The fraction of sp³-hybridized carbons (Fsp3) is 0.385. The van der Waals surface area contributed by atoms with E-state index in [-0.39, 0.29) is 36.0 Å². The summed E-state index contributed by atoms with van der Waals surface area (Å²) < 4.78 is 0. The van der Waals surface area contributed by atoms with Crippen molar-refractivity contribution in [3.63, 3.8) is 0 Å². The zero-order valence-electron chi connectivity index (χ0n) is 12.8. The number of amides is 2. The van der Waals surface area contributed by atoms with E-state index in [4.69, 9.17) is 0 Å². The number of imidazole rings is 1. The second-order valence-corrected chi connectivity index (χ2v) is 4.94. The van der Waals surface area contributed by atoms with E-state index < -0.39 is 29.4 Å². The number of carbonyl (C=O) groups excluding carboxylic acids is 3. The molecule has 1 heterocycles. The summed E-state index contributed by atoms with van der Waals surface area (Å²) in [7, 11) is 0. The van der Waals surface area contributed by atoms with E-state index in [0.717, 1.165) is 6.08 Å². The maximum absolute atomic E-state index is 12.1. The maximum Gasteiger partial charge on any atom is 1.00 e. The Hall–Kier alpha value is -1.64. The average molecular weight is 316 g/mol. The number of hydrogen-bond acceptors (Lipinski definition) is 5. The van der Waals surface area contributed by atoms with Crippen LogP contribution in [0.15, 0.2) is 25.2 Å². The molecule has 114 valence electrons. The molecule has 8 nitrogen and oxygen atoms in total. The number of aromatic amines is 1. The molecular formula is C13H17N4NaO4. The van der Waals surface area contributed by atoms with Gasteiger partial charge in [-0.05, 0) is 19.9 Å². The van der Waals surface area contributed by atoms with Gasteiger partial charge in [0.2, 0.25) is 11.8 Å². The quantitative estimate of drug-likeness (QED) is 0.344. The number of nitrogens with zero attached hydrogens (tertiary/aromatic N) is 1. The number of aliphatic carboxylic acids is 1. The number of carboxylic acids is 1. The summed E-state index contributed by atoms with van der Waals surface area (Å²) in [5.41, 5.74) is -0.745. The third-order valence-corrected chi connectivity index (χ3v) is 2.76. The summed E-state index contributed by atoms with van der Waals surface area (Å²) in [4.78, 5) is 40.9. The molecule has 1 aromatic rings. The van der Waals surface area contributed by atoms with Crippen LogP contribution in [-0.4, -0.2) is 39.3 Å². The Kier molecular flexibility index (Phi) is 8.07. The first kappa shape index (κ1) is 20.4. The second-order valence-electron chi connectivity index (χ2n) is 4.94. The van der Waals surface area contributed by atoms with Crippen LogP contribution in [0.4, 0.5) is 0 Å². The van der Waals surface area contributed by atoms with Gasteiger partial charge in [0.05, 0.1) is 18.3 Å². The molecule has 1 rings (SSSR count). The van der Waals surface area contributed by atoms with Gasteiger partial charge in [-0.1, -0.05) is 6.58 Å². The van der Waals surface area contributed by atoms with Gasteiger partial charge in [-0.3, -0.25) is 9.59 Å². The topological polar surface area (TPSA) is 127 Å². The molecule has 9 heteroatoms. The van der Waals surface area contributed by atoms with Crippen LogP contribution in [-0.2, 0) is 20.8 Å². The monoisotopic (exact) mass is 316 g/mol. The minimum absolute atomic E-state index is 0. The molecule has 0 aliphatic heterocycles. The minimum Gasteiger partial charge on any atom is -0.548 e. The van der Waals surface area contributed by atoms with E-state index in [1.807, 2.05) is 0 Å². The molecule has 0 saturated heterocycles. The number of carboxylic acid groups (broad SMARTS) is 1. The summed E-state index contributed by atoms with van der Waals surface area (Å²) in [6.07, 6.45) is 3.87. The molecule has 0 bridgehead atoms. The van der Waals surface area contributed by atoms with Crippen molar-refractivity contribution < 1.29 is 49.0 Å². The standard InChI is InChI=1S/C13H18N4O4.Na/c1-4-10(18)17-13(2,3)12(21)16-9(11(19)20)5-8-6-14-7-15-8;/h4,6-7,9H,1,5H2,2-3H3,(H,14,15)(H,16,21)(H,17,18)(H,19,20);/q;+1/p-1. The predicted octanol–water partition coefficient (Wildman–Crippen LogP) is -4.73. The summed E-state index contributed by atoms with van der Waals surface area (Å²) in [6.45, 7) is 6.19. The molecule has 1 aromatic heterocycles. The van der Waals surface area contributed by atoms with Gasteiger partial charge < -0.3 is 25.5 Å². The molecule has 0 aliphatic carbocycles. The van der Waals surface area contributed by atoms with Crippen LogP contribution in [0.5, 0.6) is 0 Å². The van der Waals surface area contributed by atoms with Crippen molar-refractivity contribution in [1.82, 2.24) is 20.6 Å². The van der Waals surface area contributed by atoms with Crippen LogP contribution in [0.2, 0.25) is 0 Å². The van der Waals surface area contributed by atoms with E-state index in [1.165, 1.54) is 26.4 Å². The van der Waals surface area contributed by atoms with E-state index in [9.17, 15) is 19.5 Å². The number of carbonyl (C=O) groups is 3. The summed E-state index contributed by atoms with van der Waals surface area (Å²) in [5.74, 6) is -2.61. The fourth-order valence-corrected chi connectivity index (χ4v) is 1.56. The Morgan fingerprint density at radius 1 is 1.50 bits per heavy atom. The molecule has 22 heavy (non-hydrogen) atoms. The van der Waals surface area contributed by atoms with Gasteiger partial charge in [-0.15, -0.1) is 0 Å². The van der Waals surface area contributed by atoms with Crippen LogP contribution < -0.4 is 45.3 Å². The molecule has 1 unspecified atom stereocenters. The molecular weight excluding hydrogens is 299 g/mol. The van der Waals surface area contributed by atoms with Gasteiger partial charge in [-0.25, -0.2) is 4.98 Å². The Morgan fingerprint density at radius 2 is 2.14 bits per heavy atom. The van der Waals surface area contributed by atoms with Crippen molar-refractivity contribution in [1.29, 1.82) is 0 Å². The summed E-state index contributed by atoms with van der Waals surface area (Å²) in [5, 5.41) is 15.8. The van der Waals surface area contributed by atoms with Crippen molar-refractivity contribution in [3.05, 3.63) is 30.9 Å². The van der Waals surface area contributed by atoms with Crippen molar-refractivity contribution in [2.75, 3.05) is 0 Å². The van der Waals surface area contributed by atoms with Crippen LogP contribution in [0, 0.1) is 0 Å². The van der Waals surface area contributed by atoms with E-state index in [0.29, 0.717) is 5.69 Å². The normalized spacial score (nSPS) is 11.7. The predicted molar refractivity (Wildman–Crippen MR) is 71.6 cm³/mol. The number of hydrogen-bond donors (Lipinski definition) is 3. The van der Waals surface area contributed by atoms with Gasteiger partial charge in [0.1, 0.15) is 5.54 Å². The first-order chi connectivity index (χ1) is 9.76. The zero-order chi connectivity index (χ0) is 16.0. The Labute approximate surface area is 150 Å². The van der Waals surface area contributed by atoms with Gasteiger partial charge in [0, 0.05) is 18.3 Å². The smallest absolute Gasteiger partial charge is 0.548 e. The van der Waals surface area contributed by atoms with E-state index in [2.05, 4.69) is 27.2 Å². The van der Waals surface area contributed by atoms with E-state index >= 15 is 0 Å². The average Bonchev–Trinajstić information content (AvgIpc) is 2.89. The summed E-state index contributed by atoms with van der Waals surface area (Å²) >= 11 is 0. The molecule has 1 atom stereocenters. The Bertz CT molecular complexity index is 542. The number of nitrogens with one attached hydrogen (secondary N) is 3. The van der Waals surface area contributed by atoms with Crippen LogP contribution in [0.1, 0.15) is 19.5 Å². The molecule has 0 saturated carbocycles. The molecule has 3 N–H and O–H groups in total. The van der Waals surface area contributed by atoms with Crippen LogP contribution >= 0.6 is 0 Å². The molecule has 0 spiro atoms. The Balaban J connectivity index is 0.00000441. The SMILES string of the molecule is C=CC(=O)NC(C)(C)C(=O)NC(Cc1cnc[nH]1)C(=O)[O-].[Na+]. The Morgan fingerprint density at radius 3 is 2.59 bits per heavy atom. The third-order valence-electron chi connectivity index (χ3n) is 2.76. The molecule has 0 aliphatic rings. The fourth-order valence-electron chi connectivity index (χ4n) is 1.56. The molecule has 0 radical (unpaired) electrons. The maximum atomic E-state index is 12.1. The molecule has 0 aromatic carbocycles. The van der Waals surface area contributed by atoms with Crippen molar-refractivity contribution >= 4 is 17.8 Å². The molecule has 0 fully saturated rings. The van der Waals surface area contributed by atoms with Crippen molar-refractivity contribution in [3.8, 4) is 0 Å². The van der Waals surface area contributed by atoms with Crippen molar-refractivity contribution in [2.24, 2.45) is 0 Å². The second kappa shape index (κ2) is 8.72. The third kappa shape index (κ3) is 6.00. The van der Waals surface area contributed by atoms with Crippen molar-refractivity contribution in [2.45, 2.75) is 31.8 Å². The number of rotatable bonds is 7. The first-order valence-electron chi connectivity index (χ1n) is 6.20. The van der Waals surface area contributed by atoms with E-state index in [1.54, 1.807) is 0 Å². The number of H-pyrrole nitrogens is 1. The molecule has 2 amide bonds. The largest absolute Gasteiger partial charge is 1.00 e. The first-order valence-corrected chi connectivity index (χ1v) is 6.20. The van der Waals surface area contributed by atoms with Gasteiger partial charge in [0.15, 0.2) is 0 Å². The van der Waals surface area contributed by atoms with Gasteiger partial charge in [0.25, 0.3) is 0 Å².